The first kappa shape index (κ1) is 7.64. The van der Waals surface area contributed by atoms with E-state index in [1.807, 2.05) is 0 Å². The second-order valence-corrected chi connectivity index (χ2v) is 3.09. The first-order valence-corrected chi connectivity index (χ1v) is 3.82. The van der Waals surface area contributed by atoms with Crippen LogP contribution in [0.1, 0.15) is 24.0 Å². The molecule has 1 atom stereocenters. The Kier molecular flexibility index (Phi) is 1.59. The Balaban J connectivity index is 2.61. The van der Waals surface area contributed by atoms with Crippen molar-refractivity contribution in [2.75, 3.05) is 0 Å². The molecule has 2 rings (SSSR count). The maximum absolute atomic E-state index is 10.7. The summed E-state index contributed by atoms with van der Waals surface area (Å²) in [5.74, 6) is -0.245. The van der Waals surface area contributed by atoms with Crippen LogP contribution in [-0.2, 0) is 0 Å². The van der Waals surface area contributed by atoms with Crippen molar-refractivity contribution < 1.29 is 9.52 Å². The molecule has 0 unspecified atom stereocenters. The van der Waals surface area contributed by atoms with Gasteiger partial charge in [0.25, 0.3) is 0 Å². The Bertz CT molecular complexity index is 390. The quantitative estimate of drug-likeness (QED) is 0.637. The van der Waals surface area contributed by atoms with Crippen LogP contribution in [0.4, 0.5) is 0 Å². The Labute approximate surface area is 72.5 Å². The summed E-state index contributed by atoms with van der Waals surface area (Å²) in [6, 6.07) is 0. The maximum Gasteiger partial charge on any atom is 0.417 e. The van der Waals surface area contributed by atoms with Crippen molar-refractivity contribution in [1.29, 1.82) is 0 Å². The molecular weight excluding hydrogens is 182 g/mol. The van der Waals surface area contributed by atoms with E-state index in [1.54, 1.807) is 0 Å². The van der Waals surface area contributed by atoms with Crippen molar-refractivity contribution in [3.63, 3.8) is 0 Å². The number of rotatable bonds is 0. The van der Waals surface area contributed by atoms with Crippen LogP contribution in [0, 0.1) is 0 Å². The lowest BCUT2D eigenvalue weighted by atomic mass is 10.1. The highest BCUT2D eigenvalue weighted by atomic mass is 35.5. The van der Waals surface area contributed by atoms with Gasteiger partial charge in [0, 0.05) is 11.5 Å². The van der Waals surface area contributed by atoms with Crippen molar-refractivity contribution >= 4 is 17.7 Å². The third kappa shape index (κ3) is 1.09. The van der Waals surface area contributed by atoms with Crippen LogP contribution in [0.25, 0.3) is 6.08 Å². The Morgan fingerprint density at radius 2 is 2.50 bits per heavy atom. The van der Waals surface area contributed by atoms with Gasteiger partial charge in [-0.15, -0.1) is 0 Å². The van der Waals surface area contributed by atoms with E-state index < -0.39 is 11.9 Å². The zero-order chi connectivity index (χ0) is 8.72. The Morgan fingerprint density at radius 3 is 3.25 bits per heavy atom. The van der Waals surface area contributed by atoms with Gasteiger partial charge in [-0.3, -0.25) is 4.98 Å². The van der Waals surface area contributed by atoms with Gasteiger partial charge in [0.1, 0.15) is 6.10 Å². The van der Waals surface area contributed by atoms with Crippen molar-refractivity contribution in [2.24, 2.45) is 0 Å². The molecule has 1 heterocycles. The van der Waals surface area contributed by atoms with E-state index in [0.717, 1.165) is 0 Å². The molecule has 1 aromatic rings. The first-order chi connectivity index (χ1) is 5.66. The molecule has 0 bridgehead atoms. The van der Waals surface area contributed by atoms with E-state index in [4.69, 9.17) is 16.0 Å². The average molecular weight is 188 g/mol. The van der Waals surface area contributed by atoms with Gasteiger partial charge in [0.2, 0.25) is 0 Å². The molecule has 5 heteroatoms. The molecule has 2 N–H and O–H groups in total. The third-order valence-electron chi connectivity index (χ3n) is 1.71. The molecular formula is C7H6ClNO3. The number of H-pyrrole nitrogens is 1. The second-order valence-electron chi connectivity index (χ2n) is 2.60. The minimum absolute atomic E-state index is 0.323. The molecule has 4 nitrogen and oxygen atoms in total. The minimum atomic E-state index is -0.760. The summed E-state index contributed by atoms with van der Waals surface area (Å²) in [6.07, 6.45) is 1.09. The highest BCUT2D eigenvalue weighted by Gasteiger charge is 2.22. The van der Waals surface area contributed by atoms with Crippen molar-refractivity contribution in [2.45, 2.75) is 12.5 Å². The Hall–Kier alpha value is -1.00. The summed E-state index contributed by atoms with van der Waals surface area (Å²) in [7, 11) is 0. The summed E-state index contributed by atoms with van der Waals surface area (Å²) in [5.41, 5.74) is 0.407. The van der Waals surface area contributed by atoms with E-state index in [1.165, 1.54) is 6.08 Å². The third-order valence-corrected chi connectivity index (χ3v) is 1.98. The van der Waals surface area contributed by atoms with Gasteiger partial charge in [0.15, 0.2) is 5.76 Å². The van der Waals surface area contributed by atoms with Gasteiger partial charge < -0.3 is 9.52 Å². The van der Waals surface area contributed by atoms with Crippen LogP contribution in [0.2, 0.25) is 0 Å². The number of nitrogens with one attached hydrogen (secondary N) is 1. The van der Waals surface area contributed by atoms with Gasteiger partial charge in [-0.1, -0.05) is 11.6 Å². The SMILES string of the molecule is O=c1[nH]c2c(o1)C=C(Cl)C[C@H]2O. The summed E-state index contributed by atoms with van der Waals surface area (Å²) >= 11 is 5.67. The molecule has 1 aliphatic carbocycles. The van der Waals surface area contributed by atoms with E-state index in [0.29, 0.717) is 22.9 Å². The normalized spacial score (nSPS) is 21.8. The summed E-state index contributed by atoms with van der Waals surface area (Å²) in [6.45, 7) is 0. The molecule has 1 aromatic heterocycles. The number of aliphatic hydroxyl groups excluding tert-OH is 1. The molecule has 0 fully saturated rings. The monoisotopic (exact) mass is 187 g/mol. The van der Waals surface area contributed by atoms with Crippen molar-refractivity contribution in [3.05, 3.63) is 27.0 Å². The lowest BCUT2D eigenvalue weighted by Gasteiger charge is -2.12. The highest BCUT2D eigenvalue weighted by Crippen LogP contribution is 2.31. The summed E-state index contributed by atoms with van der Waals surface area (Å²) < 4.78 is 4.71. The van der Waals surface area contributed by atoms with E-state index in [9.17, 15) is 9.90 Å². The van der Waals surface area contributed by atoms with Crippen LogP contribution in [0.5, 0.6) is 0 Å². The number of oxazole rings is 1. The molecule has 0 amide bonds. The lowest BCUT2D eigenvalue weighted by Crippen LogP contribution is -2.05. The predicted octanol–water partition coefficient (Wildman–Crippen LogP) is 0.985. The van der Waals surface area contributed by atoms with Gasteiger partial charge in [-0.05, 0) is 6.08 Å². The van der Waals surface area contributed by atoms with Gasteiger partial charge in [-0.2, -0.15) is 0 Å². The van der Waals surface area contributed by atoms with Crippen molar-refractivity contribution in [1.82, 2.24) is 4.98 Å². The fourth-order valence-electron chi connectivity index (χ4n) is 1.19. The lowest BCUT2D eigenvalue weighted by molar-refractivity contribution is 0.173. The molecule has 0 radical (unpaired) electrons. The number of hydrogen-bond donors (Lipinski definition) is 2. The zero-order valence-electron chi connectivity index (χ0n) is 6.00. The van der Waals surface area contributed by atoms with E-state index >= 15 is 0 Å². The largest absolute Gasteiger partial charge is 0.417 e. The molecule has 0 aliphatic heterocycles. The van der Waals surface area contributed by atoms with E-state index in [-0.39, 0.29) is 0 Å². The maximum atomic E-state index is 10.7. The van der Waals surface area contributed by atoms with Gasteiger partial charge in [0.05, 0.1) is 5.69 Å². The molecule has 0 saturated heterocycles. The fourth-order valence-corrected chi connectivity index (χ4v) is 1.44. The highest BCUT2D eigenvalue weighted by molar-refractivity contribution is 6.31. The zero-order valence-corrected chi connectivity index (χ0v) is 6.76. The van der Waals surface area contributed by atoms with Gasteiger partial charge >= 0.3 is 5.76 Å². The predicted molar refractivity (Wildman–Crippen MR) is 42.7 cm³/mol. The molecule has 1 aliphatic rings. The smallest absolute Gasteiger partial charge is 0.408 e. The van der Waals surface area contributed by atoms with E-state index in [2.05, 4.69) is 4.98 Å². The number of halogens is 1. The number of aliphatic hydroxyl groups is 1. The topological polar surface area (TPSA) is 66.2 Å². The molecule has 0 spiro atoms. The molecule has 64 valence electrons. The standard InChI is InChI=1S/C7H6ClNO3/c8-3-1-4(10)6-5(2-3)12-7(11)9-6/h2,4,10H,1H2,(H,9,11)/t4-/m1/s1. The number of aromatic nitrogens is 1. The number of hydrogen-bond acceptors (Lipinski definition) is 3. The van der Waals surface area contributed by atoms with Crippen LogP contribution in [0.3, 0.4) is 0 Å². The number of aromatic amines is 1. The number of fused-ring (bicyclic) bond motifs is 1. The van der Waals surface area contributed by atoms with Crippen LogP contribution < -0.4 is 5.76 Å². The second kappa shape index (κ2) is 2.50. The minimum Gasteiger partial charge on any atom is -0.408 e. The van der Waals surface area contributed by atoms with Crippen molar-refractivity contribution in [3.8, 4) is 0 Å². The summed E-state index contributed by atoms with van der Waals surface area (Å²) in [4.78, 5) is 13.1. The summed E-state index contributed by atoms with van der Waals surface area (Å²) in [5, 5.41) is 9.87. The molecule has 0 aromatic carbocycles. The van der Waals surface area contributed by atoms with Crippen LogP contribution in [-0.4, -0.2) is 10.1 Å². The molecule has 0 saturated carbocycles. The fraction of sp³-hybridized carbons (Fsp3) is 0.286. The van der Waals surface area contributed by atoms with Crippen LogP contribution in [0.15, 0.2) is 14.2 Å². The van der Waals surface area contributed by atoms with Gasteiger partial charge in [-0.25, -0.2) is 4.79 Å². The molecule has 12 heavy (non-hydrogen) atoms. The Morgan fingerprint density at radius 1 is 1.75 bits per heavy atom. The first-order valence-electron chi connectivity index (χ1n) is 3.44. The van der Waals surface area contributed by atoms with Crippen LogP contribution >= 0.6 is 11.6 Å². The average Bonchev–Trinajstić information content (AvgIpc) is 2.29.